The van der Waals surface area contributed by atoms with Gasteiger partial charge in [0.2, 0.25) is 5.88 Å². The van der Waals surface area contributed by atoms with Gasteiger partial charge >= 0.3 is 12.8 Å². The lowest BCUT2D eigenvalue weighted by Crippen LogP contribution is -2.07. The van der Waals surface area contributed by atoms with E-state index in [0.717, 1.165) is 19.4 Å². The Labute approximate surface area is 150 Å². The number of benzene rings is 2. The minimum absolute atomic E-state index is 0.229. The van der Waals surface area contributed by atoms with E-state index in [-0.39, 0.29) is 28.2 Å². The maximum Gasteiger partial charge on any atom is 0.419 e. The van der Waals surface area contributed by atoms with Crippen LogP contribution in [0, 0.1) is 6.92 Å². The molecule has 1 aromatic heterocycles. The number of methoxy groups -OCH3 is 1. The lowest BCUT2D eigenvalue weighted by atomic mass is 9.98. The van der Waals surface area contributed by atoms with Gasteiger partial charge in [0.05, 0.1) is 29.9 Å². The van der Waals surface area contributed by atoms with Crippen LogP contribution in [-0.2, 0) is 6.18 Å². The van der Waals surface area contributed by atoms with Crippen LogP contribution in [0.5, 0.6) is 11.6 Å². The van der Waals surface area contributed by atoms with Gasteiger partial charge in [0, 0.05) is 5.56 Å². The maximum absolute atomic E-state index is 13.3. The topological polar surface area (TPSA) is 44.2 Å². The van der Waals surface area contributed by atoms with Crippen molar-refractivity contribution >= 4 is 11.0 Å². The van der Waals surface area contributed by atoms with Gasteiger partial charge in [-0.3, -0.25) is 0 Å². The second kappa shape index (κ2) is 6.98. The molecule has 1 heterocycles. The van der Waals surface area contributed by atoms with Gasteiger partial charge in [0.1, 0.15) is 5.75 Å². The van der Waals surface area contributed by atoms with Gasteiger partial charge < -0.3 is 9.47 Å². The molecule has 0 atom stereocenters. The number of aromatic nitrogens is 2. The molecule has 0 aliphatic heterocycles. The molecule has 0 bridgehead atoms. The smallest absolute Gasteiger partial charge is 0.419 e. The Morgan fingerprint density at radius 1 is 1.07 bits per heavy atom. The van der Waals surface area contributed by atoms with Crippen LogP contribution < -0.4 is 9.47 Å². The molecule has 0 radical (unpaired) electrons. The number of aryl methyl sites for hydroxylation is 1. The van der Waals surface area contributed by atoms with Gasteiger partial charge in [0.15, 0.2) is 0 Å². The molecular formula is C18H13F5N2O2. The molecule has 4 nitrogen and oxygen atoms in total. The van der Waals surface area contributed by atoms with E-state index >= 15 is 0 Å². The van der Waals surface area contributed by atoms with E-state index in [0.29, 0.717) is 11.1 Å². The third-order valence-electron chi connectivity index (χ3n) is 3.79. The third kappa shape index (κ3) is 3.91. The van der Waals surface area contributed by atoms with Crippen molar-refractivity contribution in [1.29, 1.82) is 0 Å². The first kappa shape index (κ1) is 18.8. The van der Waals surface area contributed by atoms with Crippen LogP contribution in [0.2, 0.25) is 0 Å². The zero-order valence-corrected chi connectivity index (χ0v) is 14.1. The van der Waals surface area contributed by atoms with Gasteiger partial charge in [0.25, 0.3) is 0 Å². The number of halogens is 5. The largest absolute Gasteiger partial charge is 0.496 e. The van der Waals surface area contributed by atoms with E-state index in [9.17, 15) is 22.0 Å². The second-order valence-corrected chi connectivity index (χ2v) is 5.68. The Hall–Kier alpha value is -2.97. The van der Waals surface area contributed by atoms with Crippen molar-refractivity contribution < 1.29 is 31.4 Å². The van der Waals surface area contributed by atoms with Crippen molar-refractivity contribution in [3.05, 3.63) is 47.7 Å². The van der Waals surface area contributed by atoms with E-state index in [1.807, 2.05) is 0 Å². The third-order valence-corrected chi connectivity index (χ3v) is 3.79. The first-order valence-electron chi connectivity index (χ1n) is 7.67. The normalized spacial score (nSPS) is 11.9. The molecule has 3 aromatic rings. The number of nitrogens with zero attached hydrogens (tertiary/aromatic N) is 2. The summed E-state index contributed by atoms with van der Waals surface area (Å²) in [5.41, 5.74) is 0.865. The average molecular weight is 384 g/mol. The fraction of sp³-hybridized carbons (Fsp3) is 0.222. The quantitative estimate of drug-likeness (QED) is 0.578. The summed E-state index contributed by atoms with van der Waals surface area (Å²) in [4.78, 5) is 8.01. The molecule has 0 fully saturated rings. The Kier molecular flexibility index (Phi) is 4.86. The summed E-state index contributed by atoms with van der Waals surface area (Å²) in [5.74, 6) is -0.679. The van der Waals surface area contributed by atoms with Crippen LogP contribution in [0.25, 0.3) is 22.2 Å². The summed E-state index contributed by atoms with van der Waals surface area (Å²) in [6.45, 7) is -1.35. The molecule has 0 saturated carbocycles. The highest BCUT2D eigenvalue weighted by atomic mass is 19.4. The lowest BCUT2D eigenvalue weighted by Gasteiger charge is -2.15. The first-order chi connectivity index (χ1) is 12.7. The standard InChI is InChI=1S/C18H13F5N2O2/c1-9-5-11(10-3-4-14(26-2)12(7-10)18(21,22)23)16-13(6-9)25-15(8-24-16)27-17(19)20/h3-8,17H,1-2H3. The Bertz CT molecular complexity index is 989. The Balaban J connectivity index is 2.19. The van der Waals surface area contributed by atoms with Crippen molar-refractivity contribution in [3.63, 3.8) is 0 Å². The average Bonchev–Trinajstić information content (AvgIpc) is 2.58. The van der Waals surface area contributed by atoms with Crippen LogP contribution in [0.3, 0.4) is 0 Å². The van der Waals surface area contributed by atoms with Gasteiger partial charge in [-0.2, -0.15) is 22.0 Å². The highest BCUT2D eigenvalue weighted by molar-refractivity contribution is 5.92. The molecule has 0 amide bonds. The zero-order chi connectivity index (χ0) is 19.8. The predicted molar refractivity (Wildman–Crippen MR) is 87.9 cm³/mol. The number of hydrogen-bond donors (Lipinski definition) is 0. The van der Waals surface area contributed by atoms with E-state index in [4.69, 9.17) is 4.74 Å². The van der Waals surface area contributed by atoms with Crippen molar-refractivity contribution in [3.8, 4) is 22.8 Å². The molecule has 0 aliphatic rings. The van der Waals surface area contributed by atoms with Gasteiger partial charge in [-0.25, -0.2) is 9.97 Å². The number of alkyl halides is 5. The minimum atomic E-state index is -4.61. The SMILES string of the molecule is COc1ccc(-c2cc(C)cc3nc(OC(F)F)cnc23)cc1C(F)(F)F. The monoisotopic (exact) mass is 384 g/mol. The van der Waals surface area contributed by atoms with Gasteiger partial charge in [-0.1, -0.05) is 6.07 Å². The fourth-order valence-corrected chi connectivity index (χ4v) is 2.71. The summed E-state index contributed by atoms with van der Waals surface area (Å²) < 4.78 is 73.7. The molecule has 0 saturated heterocycles. The Morgan fingerprint density at radius 2 is 1.81 bits per heavy atom. The molecule has 3 rings (SSSR count). The molecule has 0 spiro atoms. The predicted octanol–water partition coefficient (Wildman–Crippen LogP) is 5.23. The molecular weight excluding hydrogens is 371 g/mol. The minimum Gasteiger partial charge on any atom is -0.496 e. The number of hydrogen-bond acceptors (Lipinski definition) is 4. The molecule has 142 valence electrons. The number of fused-ring (bicyclic) bond motifs is 1. The van der Waals surface area contributed by atoms with Crippen molar-refractivity contribution in [2.24, 2.45) is 0 Å². The zero-order valence-electron chi connectivity index (χ0n) is 14.1. The lowest BCUT2D eigenvalue weighted by molar-refractivity contribution is -0.138. The molecule has 9 heteroatoms. The summed E-state index contributed by atoms with van der Waals surface area (Å²) in [6, 6.07) is 6.87. The van der Waals surface area contributed by atoms with Crippen molar-refractivity contribution in [1.82, 2.24) is 9.97 Å². The molecule has 27 heavy (non-hydrogen) atoms. The summed E-state index contributed by atoms with van der Waals surface area (Å²) in [6.07, 6.45) is -3.60. The second-order valence-electron chi connectivity index (χ2n) is 5.68. The van der Waals surface area contributed by atoms with E-state index in [1.54, 1.807) is 19.1 Å². The summed E-state index contributed by atoms with van der Waals surface area (Å²) in [7, 11) is 1.16. The fourth-order valence-electron chi connectivity index (χ4n) is 2.71. The van der Waals surface area contributed by atoms with Crippen LogP contribution in [-0.4, -0.2) is 23.7 Å². The molecule has 0 unspecified atom stereocenters. The Morgan fingerprint density at radius 3 is 2.44 bits per heavy atom. The molecule has 2 aromatic carbocycles. The highest BCUT2D eigenvalue weighted by Gasteiger charge is 2.34. The van der Waals surface area contributed by atoms with Crippen molar-refractivity contribution in [2.75, 3.05) is 7.11 Å². The number of ether oxygens (including phenoxy) is 2. The van der Waals surface area contributed by atoms with Crippen LogP contribution >= 0.6 is 0 Å². The summed E-state index contributed by atoms with van der Waals surface area (Å²) in [5, 5.41) is 0. The van der Waals surface area contributed by atoms with E-state index in [2.05, 4.69) is 14.7 Å². The van der Waals surface area contributed by atoms with Gasteiger partial charge in [-0.15, -0.1) is 0 Å². The van der Waals surface area contributed by atoms with Gasteiger partial charge in [-0.05, 0) is 42.3 Å². The van der Waals surface area contributed by atoms with E-state index < -0.39 is 18.4 Å². The molecule has 0 N–H and O–H groups in total. The highest BCUT2D eigenvalue weighted by Crippen LogP contribution is 2.39. The van der Waals surface area contributed by atoms with Crippen LogP contribution in [0.1, 0.15) is 11.1 Å². The van der Waals surface area contributed by atoms with Crippen LogP contribution in [0.4, 0.5) is 22.0 Å². The van der Waals surface area contributed by atoms with E-state index in [1.165, 1.54) is 12.1 Å². The van der Waals surface area contributed by atoms with Crippen molar-refractivity contribution in [2.45, 2.75) is 19.7 Å². The molecule has 0 aliphatic carbocycles. The van der Waals surface area contributed by atoms with Crippen LogP contribution in [0.15, 0.2) is 36.5 Å². The maximum atomic E-state index is 13.3. The first-order valence-corrected chi connectivity index (χ1v) is 7.67. The number of rotatable bonds is 4. The summed E-state index contributed by atoms with van der Waals surface area (Å²) >= 11 is 0.